The molecule has 6 aliphatic rings. The van der Waals surface area contributed by atoms with Crippen molar-refractivity contribution < 1.29 is 19.5 Å². The van der Waals surface area contributed by atoms with E-state index in [-0.39, 0.29) is 17.1 Å². The summed E-state index contributed by atoms with van der Waals surface area (Å²) in [5.41, 5.74) is 2.82. The molecule has 0 unspecified atom stereocenters. The Morgan fingerprint density at radius 3 is 1.64 bits per heavy atom. The number of halogens is 1. The Morgan fingerprint density at radius 2 is 1.09 bits per heavy atom. The average molecular weight is 752 g/mol. The van der Waals surface area contributed by atoms with Gasteiger partial charge in [-0.2, -0.15) is 0 Å². The third-order valence-corrected chi connectivity index (χ3v) is 11.8. The molecule has 6 atom stereocenters. The lowest BCUT2D eigenvalue weighted by Gasteiger charge is -2.37. The van der Waals surface area contributed by atoms with E-state index in [2.05, 4.69) is 97.2 Å². The van der Waals surface area contributed by atoms with E-state index in [1.54, 1.807) is 13.8 Å². The van der Waals surface area contributed by atoms with E-state index in [9.17, 15) is 14.4 Å². The lowest BCUT2D eigenvalue weighted by atomic mass is 9.92. The first kappa shape index (κ1) is 42.9. The van der Waals surface area contributed by atoms with Crippen LogP contribution in [0.3, 0.4) is 0 Å². The standard InChI is InChI=1S/C16H22N2O.C14H20N2.C10H17NO.C2H3ClO.CH4O/c1-13(19)18-9-5-8-15-11-17(12-16(15)18)10-14-6-3-2-4-7-14;1-2-5-12(6-3-1)9-16-10-13-7-4-8-15-14(13)11-16;1-8(12)11-7-3-5-9-4-2-6-10(9)11;1-2(3)4;1-2/h2-4,6-7,15-16H,5,8-12H2,1H3;1-3,5-6,13-15H,4,7-11H2;9-10H,2-7H2,1H3;1H3;2H,1H3/t15-,16+;13-,14+;9-,10-;;/m110../s1. The third kappa shape index (κ3) is 13.5. The maximum atomic E-state index is 11.7. The fraction of sp³-hybridized carbons (Fsp3) is 0.651. The first-order valence-electron chi connectivity index (χ1n) is 20.1. The maximum absolute atomic E-state index is 11.7. The first-order chi connectivity index (χ1) is 25.7. The molecule has 294 valence electrons. The second-order valence-electron chi connectivity index (χ2n) is 15.6. The Morgan fingerprint density at radius 1 is 0.623 bits per heavy atom. The van der Waals surface area contributed by atoms with E-state index in [0.29, 0.717) is 18.0 Å². The molecule has 2 N–H and O–H groups in total. The molecule has 6 fully saturated rings. The van der Waals surface area contributed by atoms with Gasteiger partial charge in [0.1, 0.15) is 0 Å². The quantitative estimate of drug-likeness (QED) is 0.361. The molecule has 5 saturated heterocycles. The Hall–Kier alpha value is -2.82. The number of piperidine rings is 3. The number of rotatable bonds is 4. The number of hydrogen-bond donors (Lipinski definition) is 2. The van der Waals surface area contributed by atoms with E-state index in [1.807, 2.05) is 0 Å². The van der Waals surface area contributed by atoms with Crippen LogP contribution in [0.2, 0.25) is 0 Å². The van der Waals surface area contributed by atoms with Gasteiger partial charge in [-0.05, 0) is 98.4 Å². The summed E-state index contributed by atoms with van der Waals surface area (Å²) in [5.74, 6) is 2.95. The highest BCUT2D eigenvalue weighted by atomic mass is 35.5. The van der Waals surface area contributed by atoms with E-state index in [1.165, 1.54) is 95.5 Å². The second-order valence-corrected chi connectivity index (χ2v) is 16.1. The van der Waals surface area contributed by atoms with E-state index in [4.69, 9.17) is 5.11 Å². The Kier molecular flexibility index (Phi) is 18.2. The summed E-state index contributed by atoms with van der Waals surface area (Å²) in [6, 6.07) is 23.3. The normalized spacial score (nSPS) is 27.4. The number of likely N-dealkylation sites (tertiary alicyclic amines) is 4. The summed E-state index contributed by atoms with van der Waals surface area (Å²) >= 11 is 4.64. The predicted molar refractivity (Wildman–Crippen MR) is 214 cm³/mol. The van der Waals surface area contributed by atoms with E-state index < -0.39 is 0 Å². The van der Waals surface area contributed by atoms with Gasteiger partial charge in [-0.25, -0.2) is 0 Å². The third-order valence-electron chi connectivity index (χ3n) is 11.8. The van der Waals surface area contributed by atoms with Crippen molar-refractivity contribution in [3.8, 4) is 0 Å². The Bertz CT molecular complexity index is 1370. The molecule has 53 heavy (non-hydrogen) atoms. The number of aliphatic hydroxyl groups excluding tert-OH is 1. The lowest BCUT2D eigenvalue weighted by molar-refractivity contribution is -0.134. The van der Waals surface area contributed by atoms with Crippen molar-refractivity contribution in [3.63, 3.8) is 0 Å². The number of benzene rings is 2. The monoisotopic (exact) mass is 751 g/mol. The van der Waals surface area contributed by atoms with Crippen molar-refractivity contribution in [2.24, 2.45) is 17.8 Å². The summed E-state index contributed by atoms with van der Waals surface area (Å²) in [5, 5.41) is 10.3. The van der Waals surface area contributed by atoms with Gasteiger partial charge in [0.05, 0.1) is 0 Å². The van der Waals surface area contributed by atoms with Crippen molar-refractivity contribution in [2.75, 3.05) is 52.9 Å². The van der Waals surface area contributed by atoms with E-state index in [0.717, 1.165) is 64.3 Å². The van der Waals surface area contributed by atoms with Crippen LogP contribution < -0.4 is 5.32 Å². The molecule has 0 bridgehead atoms. The summed E-state index contributed by atoms with van der Waals surface area (Å²) in [6.07, 6.45) is 11.7. The summed E-state index contributed by atoms with van der Waals surface area (Å²) < 4.78 is 0. The number of fused-ring (bicyclic) bond motifs is 3. The zero-order chi connectivity index (χ0) is 38.2. The molecule has 9 nitrogen and oxygen atoms in total. The molecule has 1 saturated carbocycles. The summed E-state index contributed by atoms with van der Waals surface area (Å²) in [4.78, 5) is 41.5. The number of carbonyl (C=O) groups is 3. The number of hydrogen-bond acceptors (Lipinski definition) is 7. The number of carbonyl (C=O) groups excluding carboxylic acids is 3. The van der Waals surface area contributed by atoms with Crippen LogP contribution in [0.4, 0.5) is 0 Å². The minimum atomic E-state index is -0.361. The number of amides is 2. The van der Waals surface area contributed by atoms with Gasteiger partial charge < -0.3 is 20.2 Å². The average Bonchev–Trinajstić information content (AvgIpc) is 3.91. The van der Waals surface area contributed by atoms with Crippen LogP contribution in [0.1, 0.15) is 89.7 Å². The van der Waals surface area contributed by atoms with Crippen LogP contribution in [0.5, 0.6) is 0 Å². The molecule has 5 aliphatic heterocycles. The molecule has 8 rings (SSSR count). The summed E-state index contributed by atoms with van der Waals surface area (Å²) in [7, 11) is 1.00. The maximum Gasteiger partial charge on any atom is 0.219 e. The minimum absolute atomic E-state index is 0.247. The molecule has 10 heteroatoms. The molecule has 2 aromatic rings. The lowest BCUT2D eigenvalue weighted by Crippen LogP contribution is -2.47. The van der Waals surface area contributed by atoms with Crippen molar-refractivity contribution >= 4 is 28.7 Å². The van der Waals surface area contributed by atoms with Gasteiger partial charge in [0.25, 0.3) is 0 Å². The van der Waals surface area contributed by atoms with Crippen molar-refractivity contribution in [3.05, 3.63) is 71.8 Å². The Balaban J connectivity index is 0.000000168. The van der Waals surface area contributed by atoms with Crippen LogP contribution in [0.25, 0.3) is 0 Å². The van der Waals surface area contributed by atoms with Crippen LogP contribution in [-0.2, 0) is 27.5 Å². The van der Waals surface area contributed by atoms with Gasteiger partial charge in [-0.1, -0.05) is 67.1 Å². The van der Waals surface area contributed by atoms with Gasteiger partial charge in [0.15, 0.2) is 0 Å². The van der Waals surface area contributed by atoms with Gasteiger partial charge >= 0.3 is 0 Å². The predicted octanol–water partition coefficient (Wildman–Crippen LogP) is 6.18. The fourth-order valence-corrected chi connectivity index (χ4v) is 9.58. The fourth-order valence-electron chi connectivity index (χ4n) is 9.58. The van der Waals surface area contributed by atoms with Crippen molar-refractivity contribution in [1.82, 2.24) is 24.9 Å². The van der Waals surface area contributed by atoms with Gasteiger partial charge in [0.2, 0.25) is 17.1 Å². The zero-order valence-electron chi connectivity index (χ0n) is 32.8. The van der Waals surface area contributed by atoms with E-state index >= 15 is 0 Å². The van der Waals surface area contributed by atoms with Crippen LogP contribution in [0.15, 0.2) is 60.7 Å². The number of nitrogens with one attached hydrogen (secondary N) is 1. The number of nitrogens with zero attached hydrogens (tertiary/aromatic N) is 4. The largest absolute Gasteiger partial charge is 0.400 e. The highest BCUT2D eigenvalue weighted by Crippen LogP contribution is 2.36. The van der Waals surface area contributed by atoms with Crippen LogP contribution in [-0.4, -0.2) is 113 Å². The SMILES string of the molecule is CC(=O)Cl.CC(=O)N1CCC[C@@H]2CCC[C@@H]21.CC(=O)N1CCC[C@@H]2CN(Cc3ccccc3)C[C@@H]21.CO.c1ccc(CN2C[C@H]3CCCN[C@H]3C2)cc1. The molecular weight excluding hydrogens is 686 g/mol. The minimum Gasteiger partial charge on any atom is -0.400 e. The molecule has 2 amide bonds. The van der Waals surface area contributed by atoms with Gasteiger partial charge in [-0.15, -0.1) is 0 Å². The molecule has 5 heterocycles. The molecule has 1 aliphatic carbocycles. The van der Waals surface area contributed by atoms with Crippen molar-refractivity contribution in [1.29, 1.82) is 0 Å². The second kappa shape index (κ2) is 22.5. The molecular formula is C43H66ClN5O4. The molecule has 0 aromatic heterocycles. The Labute approximate surface area is 324 Å². The first-order valence-corrected chi connectivity index (χ1v) is 20.5. The number of aliphatic hydroxyl groups is 1. The smallest absolute Gasteiger partial charge is 0.219 e. The topological polar surface area (TPSA) is 96.4 Å². The molecule has 2 aromatic carbocycles. The van der Waals surface area contributed by atoms with Gasteiger partial charge in [-0.3, -0.25) is 24.2 Å². The molecule has 0 radical (unpaired) electrons. The van der Waals surface area contributed by atoms with Crippen LogP contribution in [0, 0.1) is 17.8 Å². The highest BCUT2D eigenvalue weighted by molar-refractivity contribution is 6.62. The van der Waals surface area contributed by atoms with Crippen molar-refractivity contribution in [2.45, 2.75) is 110 Å². The summed E-state index contributed by atoms with van der Waals surface area (Å²) in [6.45, 7) is 14.7. The molecule has 0 spiro atoms. The van der Waals surface area contributed by atoms with Gasteiger partial charge in [0, 0.05) is 98.4 Å². The zero-order valence-corrected chi connectivity index (χ0v) is 33.6. The van der Waals surface area contributed by atoms with Crippen LogP contribution >= 0.6 is 11.6 Å². The highest BCUT2D eigenvalue weighted by Gasteiger charge is 2.40.